The molecule has 8 heteroatoms. The topological polar surface area (TPSA) is 85.5 Å². The molecule has 0 saturated carbocycles. The Labute approximate surface area is 210 Å². The van der Waals surface area contributed by atoms with Gasteiger partial charge in [0.2, 0.25) is 0 Å². The third-order valence-electron chi connectivity index (χ3n) is 5.85. The molecule has 0 spiro atoms. The molecule has 4 rings (SSSR count). The molecule has 1 aliphatic heterocycles. The maximum atomic E-state index is 13.1. The van der Waals surface area contributed by atoms with Gasteiger partial charge in [-0.3, -0.25) is 19.3 Å². The molecule has 1 saturated heterocycles. The van der Waals surface area contributed by atoms with Gasteiger partial charge in [-0.2, -0.15) is 0 Å². The predicted octanol–water partition coefficient (Wildman–Crippen LogP) is 4.72. The highest BCUT2D eigenvalue weighted by molar-refractivity contribution is 6.15. The molecular weight excluding hydrogens is 464 g/mol. The minimum absolute atomic E-state index is 0.103. The van der Waals surface area contributed by atoms with Crippen LogP contribution in [0, 0.1) is 0 Å². The van der Waals surface area contributed by atoms with Crippen LogP contribution in [0.1, 0.15) is 33.6 Å². The summed E-state index contributed by atoms with van der Waals surface area (Å²) < 4.78 is 0. The first-order chi connectivity index (χ1) is 17.0. The molecule has 35 heavy (non-hydrogen) atoms. The molecule has 3 amide bonds. The first-order valence-corrected chi connectivity index (χ1v) is 12.0. The first-order valence-electron chi connectivity index (χ1n) is 11.2. The Bertz CT molecular complexity index is 1220. The Balaban J connectivity index is 0.00000167. The van der Waals surface area contributed by atoms with Gasteiger partial charge >= 0.3 is 0 Å². The van der Waals surface area contributed by atoms with Crippen LogP contribution < -0.4 is 10.2 Å². The minimum atomic E-state index is -0.297. The molecule has 2 N–H and O–H groups in total. The second-order valence-electron chi connectivity index (χ2n) is 7.99. The van der Waals surface area contributed by atoms with Crippen molar-refractivity contribution in [1.29, 1.82) is 0 Å². The molecule has 7 nitrogen and oxygen atoms in total. The number of aromatic amines is 1. The standard InChI is InChI=1S/C26H26N4O3.CH3Cl/c1-3-24(31)30(4-2)22-11-9-19(10-12-22)26(33)29-15-5-6-21(17-29)28-25(32)20-8-7-18-13-14-27-23(18)16-20;1-2/h3-4,7-14,16,21,27H,1-2,5-6,15,17H2,(H,28,32);1H3. The summed E-state index contributed by atoms with van der Waals surface area (Å²) in [6.45, 7) is 8.22. The molecular formula is C27H29ClN4O3. The second kappa shape index (κ2) is 12.0. The Morgan fingerprint density at radius 2 is 1.80 bits per heavy atom. The van der Waals surface area contributed by atoms with E-state index in [0.717, 1.165) is 23.7 Å². The number of rotatable bonds is 6. The normalized spacial score (nSPS) is 14.9. The number of nitrogens with one attached hydrogen (secondary N) is 2. The van der Waals surface area contributed by atoms with Crippen molar-refractivity contribution in [2.24, 2.45) is 0 Å². The van der Waals surface area contributed by atoms with Crippen LogP contribution in [0.5, 0.6) is 0 Å². The highest BCUT2D eigenvalue weighted by Gasteiger charge is 2.26. The lowest BCUT2D eigenvalue weighted by Gasteiger charge is -2.33. The summed E-state index contributed by atoms with van der Waals surface area (Å²) in [7, 11) is 0. The number of fused-ring (bicyclic) bond motifs is 1. The van der Waals surface area contributed by atoms with Gasteiger partial charge < -0.3 is 15.2 Å². The first kappa shape index (κ1) is 25.8. The Morgan fingerprint density at radius 1 is 1.09 bits per heavy atom. The van der Waals surface area contributed by atoms with Crippen LogP contribution >= 0.6 is 11.6 Å². The third-order valence-corrected chi connectivity index (χ3v) is 5.85. The number of piperidine rings is 1. The summed E-state index contributed by atoms with van der Waals surface area (Å²) in [4.78, 5) is 44.0. The number of aromatic nitrogens is 1. The summed E-state index contributed by atoms with van der Waals surface area (Å²) in [5, 5.41) is 4.12. The van der Waals surface area contributed by atoms with Crippen molar-refractivity contribution in [2.75, 3.05) is 24.4 Å². The number of alkyl halides is 1. The van der Waals surface area contributed by atoms with Crippen molar-refractivity contribution in [3.63, 3.8) is 0 Å². The lowest BCUT2D eigenvalue weighted by Crippen LogP contribution is -2.49. The monoisotopic (exact) mass is 492 g/mol. The zero-order valence-corrected chi connectivity index (χ0v) is 20.4. The molecule has 3 aromatic rings. The van der Waals surface area contributed by atoms with E-state index in [1.54, 1.807) is 29.2 Å². The largest absolute Gasteiger partial charge is 0.361 e. The van der Waals surface area contributed by atoms with Gasteiger partial charge in [0.1, 0.15) is 0 Å². The average molecular weight is 493 g/mol. The zero-order chi connectivity index (χ0) is 25.4. The number of halogens is 1. The van der Waals surface area contributed by atoms with Crippen LogP contribution in [0.3, 0.4) is 0 Å². The highest BCUT2D eigenvalue weighted by atomic mass is 35.5. The summed E-state index contributed by atoms with van der Waals surface area (Å²) in [5.74, 6) is -0.547. The molecule has 2 aromatic carbocycles. The molecule has 1 aliphatic rings. The van der Waals surface area contributed by atoms with Gasteiger partial charge in [-0.05, 0) is 66.8 Å². The van der Waals surface area contributed by atoms with Gasteiger partial charge in [0.25, 0.3) is 17.7 Å². The number of benzene rings is 2. The van der Waals surface area contributed by atoms with Crippen molar-refractivity contribution >= 4 is 45.9 Å². The maximum absolute atomic E-state index is 13.1. The number of H-pyrrole nitrogens is 1. The van der Waals surface area contributed by atoms with Crippen LogP contribution in [0.15, 0.2) is 80.2 Å². The fourth-order valence-electron chi connectivity index (χ4n) is 4.11. The van der Waals surface area contributed by atoms with Crippen molar-refractivity contribution in [2.45, 2.75) is 18.9 Å². The van der Waals surface area contributed by atoms with Gasteiger partial charge in [0.05, 0.1) is 0 Å². The zero-order valence-electron chi connectivity index (χ0n) is 19.7. The molecule has 1 atom stereocenters. The second-order valence-corrected chi connectivity index (χ2v) is 7.99. The van der Waals surface area contributed by atoms with E-state index in [1.807, 2.05) is 30.5 Å². The van der Waals surface area contributed by atoms with Crippen molar-refractivity contribution in [3.05, 3.63) is 91.3 Å². The highest BCUT2D eigenvalue weighted by Crippen LogP contribution is 2.20. The van der Waals surface area contributed by atoms with E-state index in [1.165, 1.54) is 23.6 Å². The number of likely N-dealkylation sites (tertiary alicyclic amines) is 1. The molecule has 1 aromatic heterocycles. The fourth-order valence-corrected chi connectivity index (χ4v) is 4.11. The van der Waals surface area contributed by atoms with Crippen LogP contribution in [-0.2, 0) is 4.79 Å². The van der Waals surface area contributed by atoms with Crippen molar-refractivity contribution in [3.8, 4) is 0 Å². The van der Waals surface area contributed by atoms with Gasteiger partial charge in [-0.15, -0.1) is 11.6 Å². The lowest BCUT2D eigenvalue weighted by atomic mass is 10.0. The number of carbonyl (C=O) groups is 3. The Hall–Kier alpha value is -3.84. The van der Waals surface area contributed by atoms with Crippen LogP contribution in [0.2, 0.25) is 0 Å². The molecule has 1 fully saturated rings. The maximum Gasteiger partial charge on any atom is 0.254 e. The number of nitrogens with zero attached hydrogens (tertiary/aromatic N) is 2. The van der Waals surface area contributed by atoms with Crippen LogP contribution in [0.4, 0.5) is 5.69 Å². The summed E-state index contributed by atoms with van der Waals surface area (Å²) in [6, 6.07) is 14.2. The van der Waals surface area contributed by atoms with Gasteiger partial charge in [0.15, 0.2) is 0 Å². The van der Waals surface area contributed by atoms with Crippen molar-refractivity contribution in [1.82, 2.24) is 15.2 Å². The molecule has 0 bridgehead atoms. The summed E-state index contributed by atoms with van der Waals surface area (Å²) >= 11 is 4.64. The number of anilines is 1. The van der Waals surface area contributed by atoms with E-state index < -0.39 is 0 Å². The van der Waals surface area contributed by atoms with Gasteiger partial charge in [0, 0.05) is 60.2 Å². The number of carbonyl (C=O) groups excluding carboxylic acids is 3. The summed E-state index contributed by atoms with van der Waals surface area (Å²) in [6.07, 6.45) is 7.56. The smallest absolute Gasteiger partial charge is 0.254 e. The Kier molecular flexibility index (Phi) is 8.86. The SMILES string of the molecule is C=CC(=O)N(C=C)c1ccc(C(=O)N2CCCC(NC(=O)c3ccc4cc[nH]c4c3)C2)cc1.CCl. The molecule has 0 radical (unpaired) electrons. The van der Waals surface area contributed by atoms with Gasteiger partial charge in [-0.25, -0.2) is 0 Å². The van der Waals surface area contributed by atoms with Crippen molar-refractivity contribution < 1.29 is 14.4 Å². The van der Waals surface area contributed by atoms with E-state index in [0.29, 0.717) is 29.9 Å². The predicted molar refractivity (Wildman–Crippen MR) is 141 cm³/mol. The number of hydrogen-bond donors (Lipinski definition) is 2. The van der Waals surface area contributed by atoms with E-state index in [2.05, 4.69) is 35.1 Å². The fraction of sp³-hybridized carbons (Fsp3) is 0.222. The third kappa shape index (κ3) is 6.00. The molecule has 0 aliphatic carbocycles. The van der Waals surface area contributed by atoms with E-state index in [4.69, 9.17) is 0 Å². The average Bonchev–Trinajstić information content (AvgIpc) is 3.38. The molecule has 1 unspecified atom stereocenters. The lowest BCUT2D eigenvalue weighted by molar-refractivity contribution is -0.113. The van der Waals surface area contributed by atoms with E-state index >= 15 is 0 Å². The minimum Gasteiger partial charge on any atom is -0.361 e. The van der Waals surface area contributed by atoms with Crippen LogP contribution in [0.25, 0.3) is 10.9 Å². The van der Waals surface area contributed by atoms with E-state index in [9.17, 15) is 14.4 Å². The number of amides is 3. The van der Waals surface area contributed by atoms with Crippen LogP contribution in [-0.4, -0.2) is 53.1 Å². The Morgan fingerprint density at radius 3 is 2.49 bits per heavy atom. The summed E-state index contributed by atoms with van der Waals surface area (Å²) in [5.41, 5.74) is 2.63. The van der Waals surface area contributed by atoms with E-state index in [-0.39, 0.29) is 23.8 Å². The molecule has 2 heterocycles. The molecule has 182 valence electrons. The quantitative estimate of drug-likeness (QED) is 0.385. The van der Waals surface area contributed by atoms with Gasteiger partial charge in [-0.1, -0.05) is 19.2 Å². The number of hydrogen-bond acceptors (Lipinski definition) is 3.